The summed E-state index contributed by atoms with van der Waals surface area (Å²) in [6.45, 7) is 1.58. The molecule has 3 aromatic rings. The summed E-state index contributed by atoms with van der Waals surface area (Å²) in [7, 11) is 0. The van der Waals surface area contributed by atoms with Crippen molar-refractivity contribution in [3.05, 3.63) is 89.7 Å². The van der Waals surface area contributed by atoms with Crippen molar-refractivity contribution in [3.8, 4) is 0 Å². The third-order valence-electron chi connectivity index (χ3n) is 4.92. The summed E-state index contributed by atoms with van der Waals surface area (Å²) >= 11 is 0. The zero-order valence-electron chi connectivity index (χ0n) is 16.0. The molecule has 146 valence electrons. The molecule has 0 saturated heterocycles. The number of fused-ring (bicyclic) bond motifs is 1. The molecule has 1 aliphatic heterocycles. The Bertz CT molecular complexity index is 1000. The van der Waals surface area contributed by atoms with Crippen LogP contribution < -0.4 is 15.5 Å². The molecule has 0 spiro atoms. The minimum atomic E-state index is -0.166. The number of hydrogen-bond donors (Lipinski definition) is 2. The molecule has 4 rings (SSSR count). The van der Waals surface area contributed by atoms with Crippen molar-refractivity contribution in [3.63, 3.8) is 0 Å². The molecule has 6 heteroatoms. The van der Waals surface area contributed by atoms with Gasteiger partial charge in [0.25, 0.3) is 5.91 Å². The summed E-state index contributed by atoms with van der Waals surface area (Å²) in [5.41, 5.74) is 4.56. The Morgan fingerprint density at radius 3 is 2.62 bits per heavy atom. The first-order valence-corrected chi connectivity index (χ1v) is 9.59. The van der Waals surface area contributed by atoms with Gasteiger partial charge in [0.05, 0.1) is 6.54 Å². The maximum atomic E-state index is 12.4. The number of pyridine rings is 1. The van der Waals surface area contributed by atoms with Crippen molar-refractivity contribution in [1.29, 1.82) is 0 Å². The Balaban J connectivity index is 1.30. The van der Waals surface area contributed by atoms with Gasteiger partial charge in [-0.05, 0) is 53.9 Å². The smallest absolute Gasteiger partial charge is 0.251 e. The van der Waals surface area contributed by atoms with Crippen molar-refractivity contribution in [1.82, 2.24) is 10.3 Å². The molecule has 2 aromatic carbocycles. The highest BCUT2D eigenvalue weighted by atomic mass is 16.2. The van der Waals surface area contributed by atoms with Crippen LogP contribution in [0.15, 0.2) is 73.1 Å². The highest BCUT2D eigenvalue weighted by Crippen LogP contribution is 2.27. The van der Waals surface area contributed by atoms with Crippen LogP contribution >= 0.6 is 0 Å². The summed E-state index contributed by atoms with van der Waals surface area (Å²) < 4.78 is 0. The average Bonchev–Trinajstić information content (AvgIpc) is 3.16. The van der Waals surface area contributed by atoms with Crippen molar-refractivity contribution in [2.75, 3.05) is 23.3 Å². The van der Waals surface area contributed by atoms with E-state index < -0.39 is 0 Å². The molecule has 2 heterocycles. The summed E-state index contributed by atoms with van der Waals surface area (Å²) in [6, 6.07) is 18.8. The number of amides is 2. The topological polar surface area (TPSA) is 74.3 Å². The summed E-state index contributed by atoms with van der Waals surface area (Å²) in [5, 5.41) is 5.76. The molecule has 0 atom stereocenters. The van der Waals surface area contributed by atoms with Gasteiger partial charge in [0, 0.05) is 42.4 Å². The van der Waals surface area contributed by atoms with Crippen LogP contribution in [0.2, 0.25) is 0 Å². The van der Waals surface area contributed by atoms with Gasteiger partial charge in [-0.25, -0.2) is 0 Å². The lowest BCUT2D eigenvalue weighted by molar-refractivity contribution is -0.115. The summed E-state index contributed by atoms with van der Waals surface area (Å²) in [4.78, 5) is 30.8. The molecule has 0 bridgehead atoms. The normalized spacial score (nSPS) is 12.3. The number of nitrogens with zero attached hydrogens (tertiary/aromatic N) is 2. The number of carbonyl (C=O) groups excluding carboxylic acids is 2. The van der Waals surface area contributed by atoms with Gasteiger partial charge in [-0.2, -0.15) is 0 Å². The molecule has 6 nitrogen and oxygen atoms in total. The Kier molecular flexibility index (Phi) is 5.52. The van der Waals surface area contributed by atoms with Crippen molar-refractivity contribution in [2.45, 2.75) is 13.0 Å². The quantitative estimate of drug-likeness (QED) is 0.683. The van der Waals surface area contributed by atoms with Crippen LogP contribution in [0.5, 0.6) is 0 Å². The largest absolute Gasteiger partial charge is 0.362 e. The number of benzene rings is 2. The molecular weight excluding hydrogens is 364 g/mol. The van der Waals surface area contributed by atoms with Crippen LogP contribution in [0.3, 0.4) is 0 Å². The predicted molar refractivity (Wildman–Crippen MR) is 113 cm³/mol. The summed E-state index contributed by atoms with van der Waals surface area (Å²) in [6.07, 6.45) is 4.38. The van der Waals surface area contributed by atoms with E-state index in [2.05, 4.69) is 32.7 Å². The van der Waals surface area contributed by atoms with Crippen LogP contribution in [-0.4, -0.2) is 29.9 Å². The van der Waals surface area contributed by atoms with Gasteiger partial charge in [0.1, 0.15) is 0 Å². The van der Waals surface area contributed by atoms with Gasteiger partial charge in [-0.15, -0.1) is 0 Å². The van der Waals surface area contributed by atoms with Crippen molar-refractivity contribution < 1.29 is 9.59 Å². The number of carbonyl (C=O) groups is 2. The molecule has 0 fully saturated rings. The van der Waals surface area contributed by atoms with Crippen LogP contribution in [0.25, 0.3) is 0 Å². The van der Waals surface area contributed by atoms with E-state index in [1.807, 2.05) is 24.3 Å². The Morgan fingerprint density at radius 1 is 1.00 bits per heavy atom. The maximum absolute atomic E-state index is 12.4. The van der Waals surface area contributed by atoms with Crippen LogP contribution in [0.4, 0.5) is 11.4 Å². The molecule has 0 unspecified atom stereocenters. The Hall–Kier alpha value is -3.67. The zero-order valence-corrected chi connectivity index (χ0v) is 16.0. The van der Waals surface area contributed by atoms with E-state index in [0.29, 0.717) is 24.3 Å². The molecule has 0 saturated carbocycles. The van der Waals surface area contributed by atoms with Gasteiger partial charge < -0.3 is 15.5 Å². The fourth-order valence-electron chi connectivity index (χ4n) is 3.44. The lowest BCUT2D eigenvalue weighted by Gasteiger charge is -2.18. The number of hydrogen-bond acceptors (Lipinski definition) is 4. The van der Waals surface area contributed by atoms with Crippen LogP contribution in [0, 0.1) is 0 Å². The second kappa shape index (κ2) is 8.56. The Labute approximate surface area is 169 Å². The standard InChI is InChI=1S/C23H22N4O2/c28-22(16-27-13-11-18-5-1-2-6-21(18)27)26-20-9-7-19(8-10-20)23(29)25-15-17-4-3-12-24-14-17/h1-10,12,14H,11,13,15-16H2,(H,25,29)(H,26,28). The third-order valence-corrected chi connectivity index (χ3v) is 4.92. The average molecular weight is 386 g/mol. The van der Waals surface area contributed by atoms with E-state index in [0.717, 1.165) is 24.2 Å². The van der Waals surface area contributed by atoms with Crippen LogP contribution in [0.1, 0.15) is 21.5 Å². The summed E-state index contributed by atoms with van der Waals surface area (Å²) in [5.74, 6) is -0.240. The second-order valence-electron chi connectivity index (χ2n) is 6.97. The predicted octanol–water partition coefficient (Wildman–Crippen LogP) is 3.01. The van der Waals surface area contributed by atoms with Crippen molar-refractivity contribution >= 4 is 23.2 Å². The first kappa shape index (κ1) is 18.7. The zero-order chi connectivity index (χ0) is 20.1. The number of para-hydroxylation sites is 1. The molecule has 2 N–H and O–H groups in total. The molecule has 1 aromatic heterocycles. The van der Waals surface area contributed by atoms with E-state index in [1.165, 1.54) is 5.56 Å². The molecule has 1 aliphatic rings. The number of nitrogens with one attached hydrogen (secondary N) is 2. The fraction of sp³-hybridized carbons (Fsp3) is 0.174. The maximum Gasteiger partial charge on any atom is 0.251 e. The monoisotopic (exact) mass is 386 g/mol. The number of anilines is 2. The van der Waals surface area contributed by atoms with Gasteiger partial charge in [-0.1, -0.05) is 24.3 Å². The molecule has 0 radical (unpaired) electrons. The van der Waals surface area contributed by atoms with Gasteiger partial charge in [-0.3, -0.25) is 14.6 Å². The van der Waals surface area contributed by atoms with Gasteiger partial charge >= 0.3 is 0 Å². The van der Waals surface area contributed by atoms with Gasteiger partial charge in [0.15, 0.2) is 0 Å². The minimum Gasteiger partial charge on any atom is -0.362 e. The number of rotatable bonds is 6. The first-order chi connectivity index (χ1) is 14.2. The fourth-order valence-corrected chi connectivity index (χ4v) is 3.44. The highest BCUT2D eigenvalue weighted by molar-refractivity contribution is 5.97. The molecule has 0 aliphatic carbocycles. The van der Waals surface area contributed by atoms with Gasteiger partial charge in [0.2, 0.25) is 5.91 Å². The number of aromatic nitrogens is 1. The second-order valence-corrected chi connectivity index (χ2v) is 6.97. The van der Waals surface area contributed by atoms with Crippen LogP contribution in [-0.2, 0) is 17.8 Å². The van der Waals surface area contributed by atoms with E-state index >= 15 is 0 Å². The SMILES string of the molecule is O=C(CN1CCc2ccccc21)Nc1ccc(C(=O)NCc2cccnc2)cc1. The minimum absolute atomic E-state index is 0.0736. The lowest BCUT2D eigenvalue weighted by atomic mass is 10.2. The van der Waals surface area contributed by atoms with E-state index in [4.69, 9.17) is 0 Å². The highest BCUT2D eigenvalue weighted by Gasteiger charge is 2.20. The molecule has 2 amide bonds. The van der Waals surface area contributed by atoms with Crippen molar-refractivity contribution in [2.24, 2.45) is 0 Å². The molecule has 29 heavy (non-hydrogen) atoms. The van der Waals surface area contributed by atoms with E-state index in [1.54, 1.807) is 36.7 Å². The van der Waals surface area contributed by atoms with E-state index in [-0.39, 0.29) is 11.8 Å². The molecular formula is C23H22N4O2. The Morgan fingerprint density at radius 2 is 1.83 bits per heavy atom. The first-order valence-electron chi connectivity index (χ1n) is 9.59. The lowest BCUT2D eigenvalue weighted by Crippen LogP contribution is -2.31. The third kappa shape index (κ3) is 4.60. The van der Waals surface area contributed by atoms with E-state index in [9.17, 15) is 9.59 Å².